The number of nitrogens with one attached hydrogen (secondary N) is 1. The average Bonchev–Trinajstić information content (AvgIpc) is 2.88. The number of nitrogens with zero attached hydrogens (tertiary/aromatic N) is 4. The molecule has 0 spiro atoms. The van der Waals surface area contributed by atoms with Crippen LogP contribution in [0.4, 0.5) is 19.1 Å². The Kier molecular flexibility index (Phi) is 8.89. The number of anilines is 1. The molecule has 3 aromatic rings. The van der Waals surface area contributed by atoms with Crippen LogP contribution in [0, 0.1) is 11.8 Å². The second-order valence-electron chi connectivity index (χ2n) is 10.4. The number of carbonyl (C=O) groups is 1. The minimum atomic E-state index is -4.86. The largest absolute Gasteiger partial charge is 0.478 e. The summed E-state index contributed by atoms with van der Waals surface area (Å²) < 4.78 is 44.0. The molecule has 0 radical (unpaired) electrons. The van der Waals surface area contributed by atoms with Crippen molar-refractivity contribution < 1.29 is 27.8 Å². The van der Waals surface area contributed by atoms with Crippen molar-refractivity contribution in [3.8, 4) is 5.75 Å². The lowest BCUT2D eigenvalue weighted by Crippen LogP contribution is -2.42. The Bertz CT molecular complexity index is 1440. The number of carbonyl (C=O) groups excluding carboxylic acids is 1. The molecule has 2 aromatic heterocycles. The highest BCUT2D eigenvalue weighted by molar-refractivity contribution is 6.31. The standard InChI is InChI=1S/C27H31ClF3N5O4/c1-15-6-16(2)13-36(12-15)26-33-10-19(28)20(34-26)8-17-4-5-21-18(7-17)9-22(25(39)35(21)3)40-14-24(38)32-11-23(37)27(29,30)31/h4-5,7,9-10,15-16,23,37H,6,8,11-14H2,1-3H3,(H,32,38)/t15-,16+,23?. The molecule has 216 valence electrons. The molecule has 2 N–H and O–H groups in total. The van der Waals surface area contributed by atoms with Gasteiger partial charge in [0, 0.05) is 31.9 Å². The number of ether oxygens (including phenoxy) is 1. The molecule has 3 heterocycles. The molecule has 1 aliphatic rings. The summed E-state index contributed by atoms with van der Waals surface area (Å²) in [4.78, 5) is 36.0. The lowest BCUT2D eigenvalue weighted by Gasteiger charge is -2.35. The molecule has 4 rings (SSSR count). The van der Waals surface area contributed by atoms with Gasteiger partial charge in [0.15, 0.2) is 18.5 Å². The molecule has 40 heavy (non-hydrogen) atoms. The number of benzene rings is 1. The summed E-state index contributed by atoms with van der Waals surface area (Å²) in [6.45, 7) is 4.46. The number of alkyl halides is 3. The minimum Gasteiger partial charge on any atom is -0.478 e. The first kappa shape index (κ1) is 29.6. The summed E-state index contributed by atoms with van der Waals surface area (Å²) in [6.07, 6.45) is -4.38. The smallest absolute Gasteiger partial charge is 0.416 e. The highest BCUT2D eigenvalue weighted by atomic mass is 35.5. The lowest BCUT2D eigenvalue weighted by molar-refractivity contribution is -0.201. The molecule has 1 saturated heterocycles. The molecule has 0 bridgehead atoms. The van der Waals surface area contributed by atoms with Crippen molar-refractivity contribution in [2.75, 3.05) is 31.1 Å². The summed E-state index contributed by atoms with van der Waals surface area (Å²) in [5.41, 5.74) is 1.63. The van der Waals surface area contributed by atoms with Gasteiger partial charge in [0.2, 0.25) is 5.95 Å². The molecule has 9 nitrogen and oxygen atoms in total. The van der Waals surface area contributed by atoms with Crippen LogP contribution in [0.25, 0.3) is 10.9 Å². The van der Waals surface area contributed by atoms with Crippen LogP contribution in [0.1, 0.15) is 31.5 Å². The molecule has 3 atom stereocenters. The third-order valence-electron chi connectivity index (χ3n) is 6.81. The normalized spacial score (nSPS) is 18.6. The van der Waals surface area contributed by atoms with E-state index in [2.05, 4.69) is 23.7 Å². The molecular formula is C27H31ClF3N5O4. The maximum Gasteiger partial charge on any atom is 0.416 e. The summed E-state index contributed by atoms with van der Waals surface area (Å²) in [7, 11) is 1.55. The Morgan fingerprint density at radius 2 is 1.95 bits per heavy atom. The van der Waals surface area contributed by atoms with Crippen molar-refractivity contribution in [2.45, 2.75) is 39.0 Å². The fourth-order valence-electron chi connectivity index (χ4n) is 4.92. The van der Waals surface area contributed by atoms with Crippen molar-refractivity contribution >= 4 is 34.4 Å². The van der Waals surface area contributed by atoms with Crippen LogP contribution in [0.15, 0.2) is 35.3 Å². The summed E-state index contributed by atoms with van der Waals surface area (Å²) in [6, 6.07) is 6.98. The predicted octanol–water partition coefficient (Wildman–Crippen LogP) is 3.47. The van der Waals surface area contributed by atoms with Gasteiger partial charge in [0.25, 0.3) is 11.5 Å². The Labute approximate surface area is 233 Å². The van der Waals surface area contributed by atoms with E-state index in [9.17, 15) is 22.8 Å². The molecule has 1 unspecified atom stereocenters. The fraction of sp³-hybridized carbons (Fsp3) is 0.481. The molecule has 1 fully saturated rings. The lowest BCUT2D eigenvalue weighted by atomic mass is 9.92. The number of hydrogen-bond donors (Lipinski definition) is 2. The molecule has 1 aliphatic heterocycles. The Morgan fingerprint density at radius 1 is 1.25 bits per heavy atom. The SMILES string of the molecule is C[C@@H]1C[C@H](C)CN(c2ncc(Cl)c(Cc3ccc4c(c3)cc(OCC(=O)NCC(O)C(F)(F)F)c(=O)n4C)n2)C1. The molecule has 0 aliphatic carbocycles. The minimum absolute atomic E-state index is 0.144. The number of halogens is 4. The van der Waals surface area contributed by atoms with E-state index in [1.165, 1.54) is 10.6 Å². The Morgan fingerprint density at radius 3 is 2.62 bits per heavy atom. The van der Waals surface area contributed by atoms with Gasteiger partial charge in [-0.25, -0.2) is 9.97 Å². The summed E-state index contributed by atoms with van der Waals surface area (Å²) in [5.74, 6) is 0.651. The number of pyridine rings is 1. The molecule has 0 saturated carbocycles. The van der Waals surface area contributed by atoms with Gasteiger partial charge in [0.05, 0.1) is 29.0 Å². The van der Waals surface area contributed by atoms with E-state index in [0.29, 0.717) is 45.8 Å². The maximum absolute atomic E-state index is 12.7. The average molecular weight is 582 g/mol. The van der Waals surface area contributed by atoms with Gasteiger partial charge in [-0.15, -0.1) is 0 Å². The van der Waals surface area contributed by atoms with E-state index >= 15 is 0 Å². The van der Waals surface area contributed by atoms with Gasteiger partial charge in [-0.2, -0.15) is 13.2 Å². The molecular weight excluding hydrogens is 551 g/mol. The zero-order chi connectivity index (χ0) is 29.2. The van der Waals surface area contributed by atoms with Gasteiger partial charge in [-0.3, -0.25) is 9.59 Å². The first-order valence-corrected chi connectivity index (χ1v) is 13.2. The number of hydrogen-bond acceptors (Lipinski definition) is 7. The number of fused-ring (bicyclic) bond motifs is 1. The summed E-state index contributed by atoms with van der Waals surface area (Å²) in [5, 5.41) is 12.0. The fourth-order valence-corrected chi connectivity index (χ4v) is 5.08. The van der Waals surface area contributed by atoms with Crippen molar-refractivity contribution in [2.24, 2.45) is 18.9 Å². The number of aliphatic hydroxyl groups excluding tert-OH is 1. The highest BCUT2D eigenvalue weighted by Crippen LogP contribution is 2.27. The summed E-state index contributed by atoms with van der Waals surface area (Å²) >= 11 is 6.45. The topological polar surface area (TPSA) is 110 Å². The van der Waals surface area contributed by atoms with Crippen molar-refractivity contribution in [3.05, 3.63) is 57.1 Å². The van der Waals surface area contributed by atoms with Gasteiger partial charge in [-0.05, 0) is 42.0 Å². The van der Waals surface area contributed by atoms with Crippen LogP contribution in [0.3, 0.4) is 0 Å². The zero-order valence-corrected chi connectivity index (χ0v) is 23.1. The molecule has 1 aromatic carbocycles. The second kappa shape index (κ2) is 12.0. The quantitative estimate of drug-likeness (QED) is 0.419. The number of aliphatic hydroxyl groups is 1. The van der Waals surface area contributed by atoms with Crippen LogP contribution in [0.5, 0.6) is 5.75 Å². The van der Waals surface area contributed by atoms with E-state index < -0.39 is 36.9 Å². The maximum atomic E-state index is 12.7. The van der Waals surface area contributed by atoms with Crippen LogP contribution in [-0.4, -0.2) is 64.1 Å². The van der Waals surface area contributed by atoms with Crippen molar-refractivity contribution in [1.82, 2.24) is 19.9 Å². The van der Waals surface area contributed by atoms with Crippen molar-refractivity contribution in [1.29, 1.82) is 0 Å². The van der Waals surface area contributed by atoms with Gasteiger partial charge in [0.1, 0.15) is 0 Å². The second-order valence-corrected chi connectivity index (χ2v) is 10.8. The van der Waals surface area contributed by atoms with Crippen LogP contribution in [0.2, 0.25) is 5.02 Å². The number of amides is 1. The number of piperidine rings is 1. The number of aryl methyl sites for hydroxylation is 1. The molecule has 13 heteroatoms. The predicted molar refractivity (Wildman–Crippen MR) is 145 cm³/mol. The van der Waals surface area contributed by atoms with Crippen LogP contribution in [-0.2, 0) is 18.3 Å². The van der Waals surface area contributed by atoms with E-state index in [1.54, 1.807) is 19.3 Å². The Hall–Kier alpha value is -3.38. The molecule has 1 amide bonds. The van der Waals surface area contributed by atoms with E-state index in [4.69, 9.17) is 26.4 Å². The van der Waals surface area contributed by atoms with E-state index in [1.807, 2.05) is 17.4 Å². The van der Waals surface area contributed by atoms with E-state index in [0.717, 1.165) is 25.1 Å². The zero-order valence-electron chi connectivity index (χ0n) is 22.3. The number of aromatic nitrogens is 3. The van der Waals surface area contributed by atoms with E-state index in [-0.39, 0.29) is 5.75 Å². The highest BCUT2D eigenvalue weighted by Gasteiger charge is 2.38. The monoisotopic (exact) mass is 581 g/mol. The van der Waals surface area contributed by atoms with Gasteiger partial charge >= 0.3 is 6.18 Å². The Balaban J connectivity index is 1.51. The first-order valence-electron chi connectivity index (χ1n) is 12.8. The van der Waals surface area contributed by atoms with Gasteiger partial charge < -0.3 is 24.6 Å². The van der Waals surface area contributed by atoms with Crippen LogP contribution >= 0.6 is 11.6 Å². The van der Waals surface area contributed by atoms with Crippen molar-refractivity contribution in [3.63, 3.8) is 0 Å². The van der Waals surface area contributed by atoms with Crippen LogP contribution < -0.4 is 20.5 Å². The third kappa shape index (κ3) is 7.03. The first-order chi connectivity index (χ1) is 18.8. The van der Waals surface area contributed by atoms with Gasteiger partial charge in [-0.1, -0.05) is 31.5 Å². The number of rotatable bonds is 8. The third-order valence-corrected chi connectivity index (χ3v) is 7.13.